The zero-order valence-electron chi connectivity index (χ0n) is 9.30. The van der Waals surface area contributed by atoms with Crippen LogP contribution in [0.1, 0.15) is 17.3 Å². The van der Waals surface area contributed by atoms with Crippen molar-refractivity contribution >= 4 is 0 Å². The second kappa shape index (κ2) is 4.88. The molecule has 88 valence electrons. The molecular formula is C12H12FN3O. The molecule has 4 nitrogen and oxygen atoms in total. The quantitative estimate of drug-likeness (QED) is 0.876. The molecule has 0 saturated heterocycles. The molecule has 0 fully saturated rings. The largest absolute Gasteiger partial charge is 0.480 e. The van der Waals surface area contributed by atoms with Gasteiger partial charge in [-0.2, -0.15) is 0 Å². The first-order chi connectivity index (χ1) is 8.22. The van der Waals surface area contributed by atoms with Crippen LogP contribution in [-0.2, 0) is 0 Å². The summed E-state index contributed by atoms with van der Waals surface area (Å²) >= 11 is 0. The molecule has 1 unspecified atom stereocenters. The summed E-state index contributed by atoms with van der Waals surface area (Å²) in [6, 6.07) is 9.03. The summed E-state index contributed by atoms with van der Waals surface area (Å²) in [5, 5.41) is 7.70. The molecule has 0 saturated carbocycles. The van der Waals surface area contributed by atoms with Crippen LogP contribution < -0.4 is 10.5 Å². The number of ether oxygens (including phenoxy) is 1. The van der Waals surface area contributed by atoms with Gasteiger partial charge in [-0.15, -0.1) is 10.2 Å². The number of hydrogen-bond acceptors (Lipinski definition) is 4. The number of hydrogen-bond donors (Lipinski definition) is 1. The molecule has 17 heavy (non-hydrogen) atoms. The zero-order chi connectivity index (χ0) is 12.3. The van der Waals surface area contributed by atoms with Crippen molar-refractivity contribution in [2.45, 2.75) is 6.04 Å². The highest BCUT2D eigenvalue weighted by Crippen LogP contribution is 2.20. The van der Waals surface area contributed by atoms with Crippen LogP contribution in [-0.4, -0.2) is 17.3 Å². The Hall–Kier alpha value is -2.01. The summed E-state index contributed by atoms with van der Waals surface area (Å²) in [6.07, 6.45) is 0. The van der Waals surface area contributed by atoms with Crippen molar-refractivity contribution in [2.75, 3.05) is 7.11 Å². The Balaban J connectivity index is 2.30. The van der Waals surface area contributed by atoms with E-state index in [9.17, 15) is 4.39 Å². The lowest BCUT2D eigenvalue weighted by atomic mass is 10.0. The minimum Gasteiger partial charge on any atom is -0.480 e. The van der Waals surface area contributed by atoms with Gasteiger partial charge in [0.05, 0.1) is 18.8 Å². The summed E-state index contributed by atoms with van der Waals surface area (Å²) in [4.78, 5) is 0. The first-order valence-electron chi connectivity index (χ1n) is 5.10. The van der Waals surface area contributed by atoms with Gasteiger partial charge in [-0.1, -0.05) is 18.2 Å². The first-order valence-corrected chi connectivity index (χ1v) is 5.10. The Bertz CT molecular complexity index is 501. The standard InChI is InChI=1S/C12H12FN3O/c1-17-11-7-6-10(15-16-11)12(14)8-4-2-3-5-9(8)13/h2-7,12H,14H2,1H3. The van der Waals surface area contributed by atoms with Crippen LogP contribution in [0, 0.1) is 5.82 Å². The van der Waals surface area contributed by atoms with E-state index >= 15 is 0 Å². The molecule has 1 heterocycles. The normalized spacial score (nSPS) is 12.2. The van der Waals surface area contributed by atoms with Gasteiger partial charge in [0, 0.05) is 11.6 Å². The Morgan fingerprint density at radius 3 is 2.53 bits per heavy atom. The molecule has 0 amide bonds. The second-order valence-corrected chi connectivity index (χ2v) is 3.50. The van der Waals surface area contributed by atoms with Gasteiger partial charge in [0.25, 0.3) is 0 Å². The van der Waals surface area contributed by atoms with E-state index in [0.717, 1.165) is 0 Å². The van der Waals surface area contributed by atoms with Crippen LogP contribution >= 0.6 is 0 Å². The third-order valence-corrected chi connectivity index (χ3v) is 2.43. The lowest BCUT2D eigenvalue weighted by Crippen LogP contribution is -2.15. The zero-order valence-corrected chi connectivity index (χ0v) is 9.30. The lowest BCUT2D eigenvalue weighted by Gasteiger charge is -2.11. The number of methoxy groups -OCH3 is 1. The van der Waals surface area contributed by atoms with E-state index in [-0.39, 0.29) is 5.82 Å². The Kier molecular flexibility index (Phi) is 3.30. The van der Waals surface area contributed by atoms with Crippen LogP contribution in [0.2, 0.25) is 0 Å². The fraction of sp³-hybridized carbons (Fsp3) is 0.167. The second-order valence-electron chi connectivity index (χ2n) is 3.50. The van der Waals surface area contributed by atoms with E-state index < -0.39 is 6.04 Å². The van der Waals surface area contributed by atoms with Gasteiger partial charge in [-0.3, -0.25) is 0 Å². The summed E-state index contributed by atoms with van der Waals surface area (Å²) in [5.41, 5.74) is 6.82. The van der Waals surface area contributed by atoms with Crippen LogP contribution in [0.5, 0.6) is 5.88 Å². The van der Waals surface area contributed by atoms with Crippen LogP contribution in [0.3, 0.4) is 0 Å². The van der Waals surface area contributed by atoms with E-state index in [1.54, 1.807) is 30.3 Å². The SMILES string of the molecule is COc1ccc(C(N)c2ccccc2F)nn1. The van der Waals surface area contributed by atoms with Crippen LogP contribution in [0.15, 0.2) is 36.4 Å². The van der Waals surface area contributed by atoms with Gasteiger partial charge in [0.2, 0.25) is 5.88 Å². The van der Waals surface area contributed by atoms with Gasteiger partial charge >= 0.3 is 0 Å². The number of aromatic nitrogens is 2. The highest BCUT2D eigenvalue weighted by Gasteiger charge is 2.14. The summed E-state index contributed by atoms with van der Waals surface area (Å²) < 4.78 is 18.4. The highest BCUT2D eigenvalue weighted by atomic mass is 19.1. The predicted octanol–water partition coefficient (Wildman–Crippen LogP) is 1.67. The third-order valence-electron chi connectivity index (χ3n) is 2.43. The molecule has 0 aliphatic rings. The Morgan fingerprint density at radius 1 is 1.18 bits per heavy atom. The minimum atomic E-state index is -0.630. The molecule has 1 atom stereocenters. The van der Waals surface area contributed by atoms with Gasteiger partial charge in [0.1, 0.15) is 5.82 Å². The highest BCUT2D eigenvalue weighted by molar-refractivity contribution is 5.28. The Morgan fingerprint density at radius 2 is 1.94 bits per heavy atom. The van der Waals surface area contributed by atoms with Gasteiger partial charge in [0.15, 0.2) is 0 Å². The third kappa shape index (κ3) is 2.39. The Labute approximate surface area is 98.2 Å². The molecule has 1 aromatic heterocycles. The van der Waals surface area contributed by atoms with E-state index in [2.05, 4.69) is 10.2 Å². The maximum atomic E-state index is 13.5. The lowest BCUT2D eigenvalue weighted by molar-refractivity contribution is 0.390. The van der Waals surface area contributed by atoms with Gasteiger partial charge < -0.3 is 10.5 Å². The van der Waals surface area contributed by atoms with Crippen molar-refractivity contribution in [2.24, 2.45) is 5.73 Å². The van der Waals surface area contributed by atoms with Gasteiger partial charge in [-0.05, 0) is 12.1 Å². The molecule has 0 bridgehead atoms. The van der Waals surface area contributed by atoms with Crippen molar-refractivity contribution < 1.29 is 9.13 Å². The van der Waals surface area contributed by atoms with Crippen molar-refractivity contribution in [1.82, 2.24) is 10.2 Å². The average molecular weight is 233 g/mol. The molecule has 2 rings (SSSR count). The van der Waals surface area contributed by atoms with Crippen molar-refractivity contribution in [3.63, 3.8) is 0 Å². The smallest absolute Gasteiger partial charge is 0.233 e. The van der Waals surface area contributed by atoms with Crippen LogP contribution in [0.4, 0.5) is 4.39 Å². The summed E-state index contributed by atoms with van der Waals surface area (Å²) in [6.45, 7) is 0. The maximum absolute atomic E-state index is 13.5. The fourth-order valence-corrected chi connectivity index (χ4v) is 1.49. The average Bonchev–Trinajstić information content (AvgIpc) is 2.39. The number of nitrogens with zero attached hydrogens (tertiary/aromatic N) is 2. The van der Waals surface area contributed by atoms with Gasteiger partial charge in [-0.25, -0.2) is 4.39 Å². The monoisotopic (exact) mass is 233 g/mol. The molecule has 2 N–H and O–H groups in total. The van der Waals surface area contributed by atoms with E-state index in [1.165, 1.54) is 13.2 Å². The molecular weight excluding hydrogens is 221 g/mol. The number of benzene rings is 1. The molecule has 2 aromatic rings. The van der Waals surface area contributed by atoms with E-state index in [4.69, 9.17) is 10.5 Å². The molecule has 1 aromatic carbocycles. The summed E-state index contributed by atoms with van der Waals surface area (Å²) in [7, 11) is 1.50. The maximum Gasteiger partial charge on any atom is 0.233 e. The van der Waals surface area contributed by atoms with Crippen molar-refractivity contribution in [3.8, 4) is 5.88 Å². The molecule has 0 radical (unpaired) electrons. The number of rotatable bonds is 3. The summed E-state index contributed by atoms with van der Waals surface area (Å²) in [5.74, 6) is 0.0482. The topological polar surface area (TPSA) is 61.0 Å². The molecule has 0 aliphatic carbocycles. The van der Waals surface area contributed by atoms with Crippen LogP contribution in [0.25, 0.3) is 0 Å². The molecule has 0 aliphatic heterocycles. The van der Waals surface area contributed by atoms with Crippen molar-refractivity contribution in [3.05, 3.63) is 53.5 Å². The molecule has 5 heteroatoms. The minimum absolute atomic E-state index is 0.349. The first kappa shape index (κ1) is 11.5. The fourth-order valence-electron chi connectivity index (χ4n) is 1.49. The van der Waals surface area contributed by atoms with E-state index in [1.807, 2.05) is 0 Å². The van der Waals surface area contributed by atoms with E-state index in [0.29, 0.717) is 17.1 Å². The molecule has 0 spiro atoms. The predicted molar refractivity (Wildman–Crippen MR) is 61.0 cm³/mol. The van der Waals surface area contributed by atoms with Crippen molar-refractivity contribution in [1.29, 1.82) is 0 Å². The number of nitrogens with two attached hydrogens (primary N) is 1. The number of halogens is 1.